The third kappa shape index (κ3) is 6.19. The molecule has 9 heteroatoms. The van der Waals surface area contributed by atoms with Gasteiger partial charge in [0, 0.05) is 23.7 Å². The summed E-state index contributed by atoms with van der Waals surface area (Å²) in [6, 6.07) is 14.3. The SMILES string of the molecule is COc1ccc(NC(=O)CC2C(=O)N(c3cccc(SC)c3)C(=S)N2CCN2CCC(C)CC2)cc1. The van der Waals surface area contributed by atoms with Crippen molar-refractivity contribution >= 4 is 52.3 Å². The average Bonchev–Trinajstić information content (AvgIpc) is 3.12. The lowest BCUT2D eigenvalue weighted by Crippen LogP contribution is -2.44. The summed E-state index contributed by atoms with van der Waals surface area (Å²) >= 11 is 7.45. The van der Waals surface area contributed by atoms with E-state index < -0.39 is 6.04 Å². The lowest BCUT2D eigenvalue weighted by molar-refractivity contribution is -0.124. The second-order valence-electron chi connectivity index (χ2n) is 9.37. The van der Waals surface area contributed by atoms with E-state index in [1.165, 1.54) is 12.8 Å². The quantitative estimate of drug-likeness (QED) is 0.382. The van der Waals surface area contributed by atoms with Crippen molar-refractivity contribution in [1.82, 2.24) is 9.80 Å². The first-order valence-electron chi connectivity index (χ1n) is 12.3. The Hall–Kier alpha value is -2.62. The highest BCUT2D eigenvalue weighted by atomic mass is 32.2. The minimum Gasteiger partial charge on any atom is -0.497 e. The smallest absolute Gasteiger partial charge is 0.256 e. The molecule has 2 aromatic rings. The maximum absolute atomic E-state index is 13.7. The zero-order valence-corrected chi connectivity index (χ0v) is 22.7. The molecule has 2 aliphatic heterocycles. The lowest BCUT2D eigenvalue weighted by Gasteiger charge is -2.32. The number of hydrogen-bond donors (Lipinski definition) is 1. The number of thiocarbonyl (C=S) groups is 1. The topological polar surface area (TPSA) is 65.1 Å². The Labute approximate surface area is 223 Å². The summed E-state index contributed by atoms with van der Waals surface area (Å²) in [4.78, 5) is 33.7. The van der Waals surface area contributed by atoms with Gasteiger partial charge in [0.05, 0.1) is 19.2 Å². The number of methoxy groups -OCH3 is 1. The summed E-state index contributed by atoms with van der Waals surface area (Å²) in [5.41, 5.74) is 1.40. The summed E-state index contributed by atoms with van der Waals surface area (Å²) in [7, 11) is 1.60. The molecular formula is C27H34N4O3S2. The molecule has 0 aromatic heterocycles. The van der Waals surface area contributed by atoms with Gasteiger partial charge in [0.25, 0.3) is 5.91 Å². The van der Waals surface area contributed by atoms with Crippen molar-refractivity contribution in [3.63, 3.8) is 0 Å². The predicted molar refractivity (Wildman–Crippen MR) is 150 cm³/mol. The second kappa shape index (κ2) is 12.1. The van der Waals surface area contributed by atoms with Crippen LogP contribution in [0.5, 0.6) is 5.75 Å². The molecular weight excluding hydrogens is 492 g/mol. The molecule has 0 spiro atoms. The number of piperidine rings is 1. The number of hydrogen-bond acceptors (Lipinski definition) is 6. The molecule has 0 saturated carbocycles. The Balaban J connectivity index is 1.51. The predicted octanol–water partition coefficient (Wildman–Crippen LogP) is 4.48. The highest BCUT2D eigenvalue weighted by Gasteiger charge is 2.44. The maximum atomic E-state index is 13.7. The summed E-state index contributed by atoms with van der Waals surface area (Å²) < 4.78 is 5.19. The Bertz CT molecular complexity index is 1090. The molecule has 1 unspecified atom stereocenters. The molecule has 0 aliphatic carbocycles. The van der Waals surface area contributed by atoms with Gasteiger partial charge >= 0.3 is 0 Å². The van der Waals surface area contributed by atoms with Crippen LogP contribution in [-0.2, 0) is 9.59 Å². The normalized spacial score (nSPS) is 19.1. The highest BCUT2D eigenvalue weighted by molar-refractivity contribution is 7.98. The number of nitrogens with zero attached hydrogens (tertiary/aromatic N) is 3. The van der Waals surface area contributed by atoms with Crippen molar-refractivity contribution in [2.75, 3.05) is 49.8 Å². The third-order valence-electron chi connectivity index (χ3n) is 6.92. The van der Waals surface area contributed by atoms with Gasteiger partial charge < -0.3 is 19.9 Å². The van der Waals surface area contributed by atoms with E-state index in [4.69, 9.17) is 17.0 Å². The largest absolute Gasteiger partial charge is 0.497 e. The molecule has 2 aliphatic rings. The number of likely N-dealkylation sites (tertiary alicyclic amines) is 1. The zero-order chi connectivity index (χ0) is 25.7. The molecule has 192 valence electrons. The monoisotopic (exact) mass is 526 g/mol. The zero-order valence-electron chi connectivity index (χ0n) is 21.1. The fraction of sp³-hybridized carbons (Fsp3) is 0.444. The first kappa shape index (κ1) is 26.4. The van der Waals surface area contributed by atoms with E-state index >= 15 is 0 Å². The van der Waals surface area contributed by atoms with Gasteiger partial charge in [0.1, 0.15) is 11.8 Å². The molecule has 2 saturated heterocycles. The fourth-order valence-corrected chi connectivity index (χ4v) is 5.54. The number of benzene rings is 2. The van der Waals surface area contributed by atoms with E-state index in [0.717, 1.165) is 36.1 Å². The van der Waals surface area contributed by atoms with Gasteiger partial charge in [-0.3, -0.25) is 14.5 Å². The standard InChI is InChI=1S/C27H34N4O3S2/c1-19-11-13-29(14-12-19)15-16-30-24(18-25(32)28-20-7-9-22(34-2)10-8-20)26(33)31(27(30)35)21-5-4-6-23(17-21)36-3/h4-10,17,19,24H,11-16,18H2,1-3H3,(H,28,32). The first-order valence-corrected chi connectivity index (χ1v) is 14.0. The van der Waals surface area contributed by atoms with E-state index in [-0.39, 0.29) is 18.2 Å². The fourth-order valence-electron chi connectivity index (χ4n) is 4.67. The summed E-state index contributed by atoms with van der Waals surface area (Å²) in [6.45, 7) is 5.83. The van der Waals surface area contributed by atoms with Crippen LogP contribution in [0.25, 0.3) is 0 Å². The average molecular weight is 527 g/mol. The van der Waals surface area contributed by atoms with E-state index in [9.17, 15) is 9.59 Å². The van der Waals surface area contributed by atoms with Crippen LogP contribution in [-0.4, -0.2) is 72.3 Å². The molecule has 2 aromatic carbocycles. The van der Waals surface area contributed by atoms with Crippen LogP contribution in [0.2, 0.25) is 0 Å². The first-order chi connectivity index (χ1) is 17.4. The molecule has 7 nitrogen and oxygen atoms in total. The van der Waals surface area contributed by atoms with Crippen molar-refractivity contribution in [3.05, 3.63) is 48.5 Å². The molecule has 0 bridgehead atoms. The van der Waals surface area contributed by atoms with Crippen LogP contribution in [0.1, 0.15) is 26.2 Å². The van der Waals surface area contributed by atoms with Gasteiger partial charge in [-0.05, 0) is 92.8 Å². The summed E-state index contributed by atoms with van der Waals surface area (Å²) in [5.74, 6) is 1.09. The summed E-state index contributed by atoms with van der Waals surface area (Å²) in [5, 5.41) is 3.37. The van der Waals surface area contributed by atoms with Gasteiger partial charge in [0.15, 0.2) is 5.11 Å². The van der Waals surface area contributed by atoms with Crippen molar-refractivity contribution in [3.8, 4) is 5.75 Å². The molecule has 36 heavy (non-hydrogen) atoms. The number of thioether (sulfide) groups is 1. The Kier molecular flexibility index (Phi) is 8.87. The van der Waals surface area contributed by atoms with Crippen molar-refractivity contribution < 1.29 is 14.3 Å². The molecule has 4 rings (SSSR count). The highest BCUT2D eigenvalue weighted by Crippen LogP contribution is 2.30. The Morgan fingerprint density at radius 2 is 1.86 bits per heavy atom. The van der Waals surface area contributed by atoms with Crippen molar-refractivity contribution in [2.24, 2.45) is 5.92 Å². The van der Waals surface area contributed by atoms with E-state index in [2.05, 4.69) is 17.1 Å². The molecule has 2 heterocycles. The van der Waals surface area contributed by atoms with Crippen LogP contribution < -0.4 is 15.0 Å². The third-order valence-corrected chi connectivity index (χ3v) is 8.06. The number of amides is 2. The molecule has 2 fully saturated rings. The molecule has 1 N–H and O–H groups in total. The number of anilines is 2. The molecule has 2 amide bonds. The van der Waals surface area contributed by atoms with Gasteiger partial charge in [-0.15, -0.1) is 11.8 Å². The van der Waals surface area contributed by atoms with Gasteiger partial charge in [0.2, 0.25) is 5.91 Å². The number of carbonyl (C=O) groups excluding carboxylic acids is 2. The van der Waals surface area contributed by atoms with Gasteiger partial charge in [-0.25, -0.2) is 0 Å². The molecule has 0 radical (unpaired) electrons. The number of ether oxygens (including phenoxy) is 1. The summed E-state index contributed by atoms with van der Waals surface area (Å²) in [6.07, 6.45) is 4.40. The van der Waals surface area contributed by atoms with E-state index in [1.54, 1.807) is 48.0 Å². The van der Waals surface area contributed by atoms with E-state index in [1.807, 2.05) is 35.4 Å². The van der Waals surface area contributed by atoms with Crippen LogP contribution in [0.4, 0.5) is 11.4 Å². The lowest BCUT2D eigenvalue weighted by atomic mass is 9.99. The second-order valence-corrected chi connectivity index (χ2v) is 10.6. The number of nitrogens with one attached hydrogen (secondary N) is 1. The van der Waals surface area contributed by atoms with E-state index in [0.29, 0.717) is 23.1 Å². The van der Waals surface area contributed by atoms with Crippen molar-refractivity contribution in [1.29, 1.82) is 0 Å². The minimum atomic E-state index is -0.641. The number of carbonyl (C=O) groups is 2. The van der Waals surface area contributed by atoms with Gasteiger partial charge in [-0.1, -0.05) is 13.0 Å². The van der Waals surface area contributed by atoms with Gasteiger partial charge in [-0.2, -0.15) is 0 Å². The van der Waals surface area contributed by atoms with Crippen LogP contribution in [0.15, 0.2) is 53.4 Å². The van der Waals surface area contributed by atoms with Crippen LogP contribution in [0.3, 0.4) is 0 Å². The number of rotatable bonds is 9. The molecule has 1 atom stereocenters. The van der Waals surface area contributed by atoms with Crippen LogP contribution in [0, 0.1) is 5.92 Å². The maximum Gasteiger partial charge on any atom is 0.256 e. The Morgan fingerprint density at radius 1 is 1.14 bits per heavy atom. The van der Waals surface area contributed by atoms with Crippen molar-refractivity contribution in [2.45, 2.75) is 37.1 Å². The minimum absolute atomic E-state index is 0.0285. The Morgan fingerprint density at radius 3 is 2.53 bits per heavy atom. The van der Waals surface area contributed by atoms with Crippen LogP contribution >= 0.6 is 24.0 Å².